The average molecular weight is 503 g/mol. The average Bonchev–Trinajstić information content (AvgIpc) is 3.06. The van der Waals surface area contributed by atoms with Gasteiger partial charge in [0.25, 0.3) is 11.5 Å². The third-order valence-electron chi connectivity index (χ3n) is 5.45. The fourth-order valence-electron chi connectivity index (χ4n) is 3.64. The molecule has 1 saturated heterocycles. The zero-order valence-corrected chi connectivity index (χ0v) is 22.1. The van der Waals surface area contributed by atoms with Gasteiger partial charge in [0.2, 0.25) is 0 Å². The number of thiocarbonyl (C=S) groups is 1. The number of pyridine rings is 1. The van der Waals surface area contributed by atoms with E-state index in [9.17, 15) is 9.59 Å². The number of hydrogen-bond acceptors (Lipinski definition) is 7. The standard InChI is InChI=1S/C25H34N4O3S2/c1-5-6-7-8-13-28-24(31)20(34-25(28)33)15-19-22(26-12-9-14-32-17(2)3)27-21-11-10-18(4)16-29(21)23(19)30/h10-11,15-17,26H,5-9,12-14H2,1-4H3/b20-15-. The van der Waals surface area contributed by atoms with Gasteiger partial charge in [-0.2, -0.15) is 0 Å². The lowest BCUT2D eigenvalue weighted by Crippen LogP contribution is -2.29. The number of nitrogens with one attached hydrogen (secondary N) is 1. The molecule has 0 spiro atoms. The van der Waals surface area contributed by atoms with Gasteiger partial charge in [-0.05, 0) is 51.3 Å². The van der Waals surface area contributed by atoms with E-state index in [1.165, 1.54) is 16.2 Å². The predicted octanol–water partition coefficient (Wildman–Crippen LogP) is 5.01. The first-order valence-corrected chi connectivity index (χ1v) is 13.2. The van der Waals surface area contributed by atoms with Crippen molar-refractivity contribution in [3.8, 4) is 0 Å². The van der Waals surface area contributed by atoms with Crippen LogP contribution in [0.1, 0.15) is 64.0 Å². The van der Waals surface area contributed by atoms with Crippen molar-refractivity contribution in [2.24, 2.45) is 0 Å². The molecule has 0 unspecified atom stereocenters. The van der Waals surface area contributed by atoms with Crippen molar-refractivity contribution in [3.63, 3.8) is 0 Å². The summed E-state index contributed by atoms with van der Waals surface area (Å²) in [4.78, 5) is 33.3. The van der Waals surface area contributed by atoms with Crippen molar-refractivity contribution in [2.75, 3.05) is 25.0 Å². The number of ether oxygens (including phenoxy) is 1. The van der Waals surface area contributed by atoms with Crippen LogP contribution in [0.25, 0.3) is 11.7 Å². The van der Waals surface area contributed by atoms with E-state index in [1.54, 1.807) is 17.2 Å². The van der Waals surface area contributed by atoms with Gasteiger partial charge in [0.15, 0.2) is 0 Å². The maximum atomic E-state index is 13.4. The lowest BCUT2D eigenvalue weighted by atomic mass is 10.2. The van der Waals surface area contributed by atoms with Crippen molar-refractivity contribution in [2.45, 2.75) is 65.9 Å². The number of fused-ring (bicyclic) bond motifs is 1. The molecule has 0 saturated carbocycles. The summed E-state index contributed by atoms with van der Waals surface area (Å²) in [5, 5.41) is 3.28. The normalized spacial score (nSPS) is 15.3. The van der Waals surface area contributed by atoms with Crippen LogP contribution >= 0.6 is 24.0 Å². The molecule has 1 fully saturated rings. The van der Waals surface area contributed by atoms with Crippen LogP contribution in [0.3, 0.4) is 0 Å². The molecule has 9 heteroatoms. The van der Waals surface area contributed by atoms with Gasteiger partial charge in [-0.25, -0.2) is 4.98 Å². The molecule has 1 aliphatic heterocycles. The van der Waals surface area contributed by atoms with E-state index < -0.39 is 0 Å². The van der Waals surface area contributed by atoms with E-state index in [0.717, 1.165) is 37.7 Å². The van der Waals surface area contributed by atoms with E-state index in [4.69, 9.17) is 17.0 Å². The number of carbonyl (C=O) groups excluding carboxylic acids is 1. The van der Waals surface area contributed by atoms with Gasteiger partial charge >= 0.3 is 0 Å². The lowest BCUT2D eigenvalue weighted by molar-refractivity contribution is -0.122. The van der Waals surface area contributed by atoms with Crippen molar-refractivity contribution in [1.29, 1.82) is 0 Å². The third-order valence-corrected chi connectivity index (χ3v) is 6.83. The Morgan fingerprint density at radius 1 is 1.21 bits per heavy atom. The van der Waals surface area contributed by atoms with Crippen molar-refractivity contribution in [3.05, 3.63) is 44.7 Å². The number of thioether (sulfide) groups is 1. The highest BCUT2D eigenvalue weighted by molar-refractivity contribution is 8.26. The van der Waals surface area contributed by atoms with Gasteiger partial charge in [-0.1, -0.05) is 56.2 Å². The molecule has 34 heavy (non-hydrogen) atoms. The van der Waals surface area contributed by atoms with E-state index in [0.29, 0.717) is 46.0 Å². The monoisotopic (exact) mass is 502 g/mol. The highest BCUT2D eigenvalue weighted by atomic mass is 32.2. The van der Waals surface area contributed by atoms with Gasteiger partial charge in [-0.15, -0.1) is 0 Å². The fraction of sp³-hybridized carbons (Fsp3) is 0.520. The van der Waals surface area contributed by atoms with Crippen molar-refractivity contribution < 1.29 is 9.53 Å². The maximum absolute atomic E-state index is 13.4. The molecule has 3 heterocycles. The number of aromatic nitrogens is 2. The molecule has 184 valence electrons. The van der Waals surface area contributed by atoms with E-state index in [-0.39, 0.29) is 17.6 Å². The summed E-state index contributed by atoms with van der Waals surface area (Å²) in [6.45, 7) is 9.90. The Morgan fingerprint density at radius 3 is 2.74 bits per heavy atom. The topological polar surface area (TPSA) is 75.9 Å². The molecular formula is C25H34N4O3S2. The largest absolute Gasteiger partial charge is 0.379 e. The molecule has 2 aromatic rings. The second-order valence-corrected chi connectivity index (χ2v) is 10.4. The summed E-state index contributed by atoms with van der Waals surface area (Å²) in [6, 6.07) is 3.74. The highest BCUT2D eigenvalue weighted by Crippen LogP contribution is 2.33. The smallest absolute Gasteiger partial charge is 0.267 e. The lowest BCUT2D eigenvalue weighted by Gasteiger charge is -2.14. The maximum Gasteiger partial charge on any atom is 0.267 e. The number of nitrogens with zero attached hydrogens (tertiary/aromatic N) is 3. The van der Waals surface area contributed by atoms with E-state index in [1.807, 2.05) is 32.9 Å². The number of anilines is 1. The summed E-state index contributed by atoms with van der Waals surface area (Å²) < 4.78 is 7.67. The van der Waals surface area contributed by atoms with Crippen LogP contribution in [0.4, 0.5) is 5.82 Å². The molecule has 1 amide bonds. The molecule has 2 aromatic heterocycles. The number of aryl methyl sites for hydroxylation is 1. The summed E-state index contributed by atoms with van der Waals surface area (Å²) in [7, 11) is 0. The highest BCUT2D eigenvalue weighted by Gasteiger charge is 2.32. The molecule has 1 N–H and O–H groups in total. The first kappa shape index (κ1) is 26.4. The summed E-state index contributed by atoms with van der Waals surface area (Å²) >= 11 is 6.71. The fourth-order valence-corrected chi connectivity index (χ4v) is 4.93. The molecule has 3 rings (SSSR count). The summed E-state index contributed by atoms with van der Waals surface area (Å²) in [5.41, 5.74) is 1.65. The number of rotatable bonds is 12. The Kier molecular flexibility index (Phi) is 9.67. The zero-order valence-electron chi connectivity index (χ0n) is 20.4. The zero-order chi connectivity index (χ0) is 24.7. The molecule has 0 radical (unpaired) electrons. The van der Waals surface area contributed by atoms with Crippen LogP contribution in [0.15, 0.2) is 28.0 Å². The third kappa shape index (κ3) is 6.67. The number of carbonyl (C=O) groups is 1. The molecule has 0 atom stereocenters. The van der Waals surface area contributed by atoms with Gasteiger partial charge in [0.05, 0.1) is 16.6 Å². The predicted molar refractivity (Wildman–Crippen MR) is 144 cm³/mol. The van der Waals surface area contributed by atoms with Crippen LogP contribution in [0, 0.1) is 6.92 Å². The molecule has 0 bridgehead atoms. The van der Waals surface area contributed by atoms with Crippen LogP contribution in [-0.4, -0.2) is 50.3 Å². The second-order valence-electron chi connectivity index (χ2n) is 8.71. The number of amides is 1. The second kappa shape index (κ2) is 12.5. The minimum atomic E-state index is -0.220. The summed E-state index contributed by atoms with van der Waals surface area (Å²) in [6.07, 6.45) is 8.60. The van der Waals surface area contributed by atoms with Gasteiger partial charge in [0.1, 0.15) is 15.8 Å². The number of unbranched alkanes of at least 4 members (excludes halogenated alkanes) is 3. The Labute approximate surface area is 211 Å². The SMILES string of the molecule is CCCCCCN1C(=O)/C(=C/c2c(NCCCOC(C)C)nc3ccc(C)cn3c2=O)SC1=S. The van der Waals surface area contributed by atoms with Crippen molar-refractivity contribution >= 4 is 51.7 Å². The molecule has 1 aliphatic rings. The Hall–Kier alpha value is -2.23. The first-order valence-electron chi connectivity index (χ1n) is 12.0. The molecule has 7 nitrogen and oxygen atoms in total. The minimum absolute atomic E-state index is 0.142. The van der Waals surface area contributed by atoms with Crippen LogP contribution in [0.2, 0.25) is 0 Å². The van der Waals surface area contributed by atoms with Gasteiger partial charge < -0.3 is 10.1 Å². The number of hydrogen-bond donors (Lipinski definition) is 1. The minimum Gasteiger partial charge on any atom is -0.379 e. The first-order chi connectivity index (χ1) is 16.3. The van der Waals surface area contributed by atoms with Crippen LogP contribution < -0.4 is 10.9 Å². The Bertz CT molecular complexity index is 1130. The van der Waals surface area contributed by atoms with E-state index >= 15 is 0 Å². The van der Waals surface area contributed by atoms with Gasteiger partial charge in [0, 0.05) is 25.9 Å². The van der Waals surface area contributed by atoms with Gasteiger partial charge in [-0.3, -0.25) is 18.9 Å². The molecule has 0 aromatic carbocycles. The molecule has 0 aliphatic carbocycles. The van der Waals surface area contributed by atoms with Crippen molar-refractivity contribution in [1.82, 2.24) is 14.3 Å². The molecular weight excluding hydrogens is 468 g/mol. The van der Waals surface area contributed by atoms with Crippen LogP contribution in [0.5, 0.6) is 0 Å². The quantitative estimate of drug-likeness (QED) is 0.248. The summed E-state index contributed by atoms with van der Waals surface area (Å²) in [5.74, 6) is 0.322. The van der Waals surface area contributed by atoms with Crippen LogP contribution in [-0.2, 0) is 9.53 Å². The Balaban J connectivity index is 1.89. The Morgan fingerprint density at radius 2 is 2.00 bits per heavy atom. The van der Waals surface area contributed by atoms with E-state index in [2.05, 4.69) is 17.2 Å².